The third kappa shape index (κ3) is 4.58. The molecule has 2 rings (SSSR count). The number of sulfone groups is 1. The second-order valence-corrected chi connectivity index (χ2v) is 9.87. The maximum Gasteiger partial charge on any atom is 0.228 e. The van der Waals surface area contributed by atoms with Crippen LogP contribution in [0, 0.1) is 5.92 Å². The van der Waals surface area contributed by atoms with E-state index in [-0.39, 0.29) is 11.3 Å². The minimum atomic E-state index is -3.39. The Kier molecular flexibility index (Phi) is 6.45. The van der Waals surface area contributed by atoms with Gasteiger partial charge in [0.2, 0.25) is 15.0 Å². The van der Waals surface area contributed by atoms with Gasteiger partial charge in [-0.1, -0.05) is 13.8 Å². The lowest BCUT2D eigenvalue weighted by atomic mass is 10.1. The van der Waals surface area contributed by atoms with Gasteiger partial charge in [-0.25, -0.2) is 13.4 Å². The average molecular weight is 358 g/mol. The lowest BCUT2D eigenvalue weighted by molar-refractivity contribution is 0.0780. The summed E-state index contributed by atoms with van der Waals surface area (Å²) in [5.74, 6) is 0.500. The van der Waals surface area contributed by atoms with Crippen LogP contribution in [-0.4, -0.2) is 52.4 Å². The van der Waals surface area contributed by atoms with Gasteiger partial charge in [-0.2, -0.15) is 0 Å². The highest BCUT2D eigenvalue weighted by Crippen LogP contribution is 2.21. The van der Waals surface area contributed by atoms with Gasteiger partial charge in [0.05, 0.1) is 23.2 Å². The van der Waals surface area contributed by atoms with Gasteiger partial charge >= 0.3 is 0 Å². The summed E-state index contributed by atoms with van der Waals surface area (Å²) in [6, 6.07) is 0. The Hall–Kier alpha value is -0.920. The van der Waals surface area contributed by atoms with Crippen LogP contribution >= 0.6 is 0 Å². The van der Waals surface area contributed by atoms with Crippen molar-refractivity contribution in [2.75, 3.05) is 13.1 Å². The summed E-state index contributed by atoms with van der Waals surface area (Å²) >= 11 is 0. The Morgan fingerprint density at radius 1 is 1.25 bits per heavy atom. The number of nitrogens with zero attached hydrogens (tertiary/aromatic N) is 3. The molecule has 138 valence electrons. The number of imidazole rings is 1. The molecule has 0 saturated carbocycles. The van der Waals surface area contributed by atoms with Crippen molar-refractivity contribution >= 4 is 9.84 Å². The van der Waals surface area contributed by atoms with E-state index < -0.39 is 15.1 Å². The number of rotatable bonds is 7. The minimum Gasteiger partial charge on any atom is -0.393 e. The van der Waals surface area contributed by atoms with Crippen molar-refractivity contribution in [3.63, 3.8) is 0 Å². The summed E-state index contributed by atoms with van der Waals surface area (Å²) in [5.41, 5.74) is 0.950. The molecule has 0 aliphatic carbocycles. The van der Waals surface area contributed by atoms with Gasteiger partial charge in [0.1, 0.15) is 0 Å². The molecule has 1 fully saturated rings. The number of hydrogen-bond acceptors (Lipinski definition) is 5. The fourth-order valence-electron chi connectivity index (χ4n) is 2.89. The maximum atomic E-state index is 12.6. The first-order valence-electron chi connectivity index (χ1n) is 8.90. The van der Waals surface area contributed by atoms with Crippen molar-refractivity contribution < 1.29 is 13.5 Å². The summed E-state index contributed by atoms with van der Waals surface area (Å²) in [7, 11) is -3.39. The van der Waals surface area contributed by atoms with Crippen LogP contribution in [0.25, 0.3) is 0 Å². The standard InChI is InChI=1S/C17H31N3O3S/c1-13(2)5-10-20-15(12-19-8-6-16(21)7-9-19)11-18-17(20)24(22,23)14(3)4/h11,13-14,16,21H,5-10,12H2,1-4H3. The zero-order valence-corrected chi connectivity index (χ0v) is 16.1. The van der Waals surface area contributed by atoms with Gasteiger partial charge in [0.25, 0.3) is 0 Å². The van der Waals surface area contributed by atoms with Crippen molar-refractivity contribution in [1.82, 2.24) is 14.5 Å². The van der Waals surface area contributed by atoms with E-state index in [0.717, 1.165) is 38.0 Å². The quantitative estimate of drug-likeness (QED) is 0.808. The minimum absolute atomic E-state index is 0.199. The molecule has 1 saturated heterocycles. The lowest BCUT2D eigenvalue weighted by Gasteiger charge is -2.29. The van der Waals surface area contributed by atoms with Crippen molar-refractivity contribution in [3.8, 4) is 0 Å². The summed E-state index contributed by atoms with van der Waals surface area (Å²) in [4.78, 5) is 6.53. The molecular formula is C17H31N3O3S. The number of likely N-dealkylation sites (tertiary alicyclic amines) is 1. The van der Waals surface area contributed by atoms with Gasteiger partial charge in [0.15, 0.2) is 0 Å². The smallest absolute Gasteiger partial charge is 0.228 e. The highest BCUT2D eigenvalue weighted by atomic mass is 32.2. The normalized spacial score (nSPS) is 18.0. The van der Waals surface area contributed by atoms with Crippen LogP contribution in [0.1, 0.15) is 52.7 Å². The van der Waals surface area contributed by atoms with Gasteiger partial charge in [-0.15, -0.1) is 0 Å². The predicted molar refractivity (Wildman–Crippen MR) is 94.5 cm³/mol. The van der Waals surface area contributed by atoms with Gasteiger partial charge in [0, 0.05) is 26.2 Å². The van der Waals surface area contributed by atoms with Crippen LogP contribution in [0.4, 0.5) is 0 Å². The topological polar surface area (TPSA) is 75.4 Å². The summed E-state index contributed by atoms with van der Waals surface area (Å²) < 4.78 is 27.1. The van der Waals surface area contributed by atoms with E-state index in [4.69, 9.17) is 0 Å². The molecule has 0 aromatic carbocycles. The highest BCUT2D eigenvalue weighted by Gasteiger charge is 2.27. The van der Waals surface area contributed by atoms with Gasteiger partial charge in [-0.3, -0.25) is 4.90 Å². The lowest BCUT2D eigenvalue weighted by Crippen LogP contribution is -2.36. The fraction of sp³-hybridized carbons (Fsp3) is 0.824. The second-order valence-electron chi connectivity index (χ2n) is 7.47. The Labute approximate surface area is 145 Å². The average Bonchev–Trinajstić information content (AvgIpc) is 2.90. The molecule has 1 aromatic heterocycles. The summed E-state index contributed by atoms with van der Waals surface area (Å²) in [5, 5.41) is 9.36. The third-order valence-electron chi connectivity index (χ3n) is 4.65. The Morgan fingerprint density at radius 3 is 2.42 bits per heavy atom. The molecule has 0 spiro atoms. The van der Waals surface area contributed by atoms with E-state index in [0.29, 0.717) is 19.0 Å². The Balaban J connectivity index is 2.25. The molecule has 2 heterocycles. The zero-order chi connectivity index (χ0) is 17.9. The molecule has 0 bridgehead atoms. The predicted octanol–water partition coefficient (Wildman–Crippen LogP) is 2.07. The number of aliphatic hydroxyl groups is 1. The first-order chi connectivity index (χ1) is 11.2. The number of hydrogen-bond donors (Lipinski definition) is 1. The van der Waals surface area contributed by atoms with E-state index in [1.165, 1.54) is 0 Å². The van der Waals surface area contributed by atoms with Crippen molar-refractivity contribution in [2.45, 2.75) is 76.6 Å². The largest absolute Gasteiger partial charge is 0.393 e. The second kappa shape index (κ2) is 7.97. The van der Waals surface area contributed by atoms with Crippen LogP contribution in [0.2, 0.25) is 0 Å². The summed E-state index contributed by atoms with van der Waals surface area (Å²) in [6.07, 6.45) is 3.97. The van der Waals surface area contributed by atoms with Crippen LogP contribution in [-0.2, 0) is 22.9 Å². The number of aliphatic hydroxyl groups excluding tert-OH is 1. The van der Waals surface area contributed by atoms with E-state index in [9.17, 15) is 13.5 Å². The van der Waals surface area contributed by atoms with E-state index in [1.54, 1.807) is 20.0 Å². The number of piperidine rings is 1. The van der Waals surface area contributed by atoms with Crippen molar-refractivity contribution in [2.24, 2.45) is 5.92 Å². The molecule has 1 aromatic rings. The summed E-state index contributed by atoms with van der Waals surface area (Å²) in [6.45, 7) is 10.7. The number of aromatic nitrogens is 2. The molecule has 0 unspecified atom stereocenters. The molecule has 6 nitrogen and oxygen atoms in total. The SMILES string of the molecule is CC(C)CCn1c(CN2CCC(O)CC2)cnc1S(=O)(=O)C(C)C. The Bertz CT molecular complexity index is 630. The molecular weight excluding hydrogens is 326 g/mol. The van der Waals surface area contributed by atoms with E-state index in [1.807, 2.05) is 4.57 Å². The van der Waals surface area contributed by atoms with Crippen LogP contribution in [0.15, 0.2) is 11.4 Å². The molecule has 1 N–H and O–H groups in total. The zero-order valence-electron chi connectivity index (χ0n) is 15.3. The molecule has 24 heavy (non-hydrogen) atoms. The fourth-order valence-corrected chi connectivity index (χ4v) is 4.03. The Morgan fingerprint density at radius 2 is 1.88 bits per heavy atom. The van der Waals surface area contributed by atoms with Crippen LogP contribution < -0.4 is 0 Å². The third-order valence-corrected chi connectivity index (χ3v) is 6.73. The maximum absolute atomic E-state index is 12.6. The first kappa shape index (κ1) is 19.4. The monoisotopic (exact) mass is 357 g/mol. The molecule has 1 aliphatic heterocycles. The van der Waals surface area contributed by atoms with Gasteiger partial charge in [-0.05, 0) is 39.0 Å². The van der Waals surface area contributed by atoms with E-state index in [2.05, 4.69) is 23.7 Å². The highest BCUT2D eigenvalue weighted by molar-refractivity contribution is 7.91. The molecule has 7 heteroatoms. The van der Waals surface area contributed by atoms with Crippen LogP contribution in [0.3, 0.4) is 0 Å². The molecule has 0 radical (unpaired) electrons. The van der Waals surface area contributed by atoms with Crippen LogP contribution in [0.5, 0.6) is 0 Å². The van der Waals surface area contributed by atoms with E-state index >= 15 is 0 Å². The van der Waals surface area contributed by atoms with Crippen molar-refractivity contribution in [3.05, 3.63) is 11.9 Å². The van der Waals surface area contributed by atoms with Gasteiger partial charge < -0.3 is 9.67 Å². The molecule has 1 aliphatic rings. The molecule has 0 atom stereocenters. The first-order valence-corrected chi connectivity index (χ1v) is 10.4. The molecule has 0 amide bonds. The van der Waals surface area contributed by atoms with Crippen molar-refractivity contribution in [1.29, 1.82) is 0 Å².